The monoisotopic (exact) mass is 330 g/mol. The third kappa shape index (κ3) is 3.71. The third-order valence-corrected chi connectivity index (χ3v) is 5.15. The first-order valence-corrected chi connectivity index (χ1v) is 8.91. The Labute approximate surface area is 143 Å². The van der Waals surface area contributed by atoms with E-state index >= 15 is 0 Å². The molecular weight excluding hydrogens is 304 g/mol. The van der Waals surface area contributed by atoms with Crippen molar-refractivity contribution in [3.05, 3.63) is 29.8 Å². The fourth-order valence-electron chi connectivity index (χ4n) is 3.63. The molecule has 1 amide bonds. The first kappa shape index (κ1) is 16.8. The zero-order chi connectivity index (χ0) is 16.9. The molecule has 0 N–H and O–H groups in total. The lowest BCUT2D eigenvalue weighted by atomic mass is 9.96. The first-order valence-electron chi connectivity index (χ1n) is 8.91. The molecule has 2 aliphatic rings. The van der Waals surface area contributed by atoms with Crippen molar-refractivity contribution in [3.8, 4) is 0 Å². The molecule has 0 unspecified atom stereocenters. The Kier molecular flexibility index (Phi) is 5.38. The van der Waals surface area contributed by atoms with Gasteiger partial charge < -0.3 is 14.5 Å². The summed E-state index contributed by atoms with van der Waals surface area (Å²) in [4.78, 5) is 28.4. The van der Waals surface area contributed by atoms with Crippen molar-refractivity contribution < 1.29 is 14.3 Å². The summed E-state index contributed by atoms with van der Waals surface area (Å²) < 4.78 is 4.79. The number of esters is 1. The molecule has 2 fully saturated rings. The van der Waals surface area contributed by atoms with Crippen molar-refractivity contribution in [2.75, 3.05) is 38.2 Å². The highest BCUT2D eigenvalue weighted by Gasteiger charge is 2.28. The fourth-order valence-corrected chi connectivity index (χ4v) is 3.63. The average molecular weight is 330 g/mol. The molecule has 2 aliphatic heterocycles. The largest absolute Gasteiger partial charge is 0.469 e. The number of nitrogens with zero attached hydrogens (tertiary/aromatic N) is 2. The number of benzene rings is 1. The van der Waals surface area contributed by atoms with Gasteiger partial charge in [-0.25, -0.2) is 0 Å². The van der Waals surface area contributed by atoms with Gasteiger partial charge >= 0.3 is 5.97 Å². The number of anilines is 1. The second kappa shape index (κ2) is 7.69. The molecule has 2 heterocycles. The van der Waals surface area contributed by atoms with Gasteiger partial charge in [0, 0.05) is 37.4 Å². The van der Waals surface area contributed by atoms with Gasteiger partial charge in [0.25, 0.3) is 5.91 Å². The molecule has 5 heteroatoms. The van der Waals surface area contributed by atoms with Crippen molar-refractivity contribution in [2.45, 2.75) is 32.1 Å². The number of ether oxygens (including phenoxy) is 1. The molecular formula is C19H26N2O3. The molecule has 1 aromatic rings. The number of hydrogen-bond acceptors (Lipinski definition) is 4. The molecule has 2 saturated heterocycles. The van der Waals surface area contributed by atoms with Crippen molar-refractivity contribution in [2.24, 2.45) is 5.92 Å². The summed E-state index contributed by atoms with van der Waals surface area (Å²) in [5, 5.41) is 0. The topological polar surface area (TPSA) is 49.9 Å². The summed E-state index contributed by atoms with van der Waals surface area (Å²) >= 11 is 0. The molecule has 0 atom stereocenters. The van der Waals surface area contributed by atoms with Crippen LogP contribution in [0, 0.1) is 5.92 Å². The van der Waals surface area contributed by atoms with Crippen LogP contribution >= 0.6 is 0 Å². The van der Waals surface area contributed by atoms with Crippen LogP contribution < -0.4 is 4.90 Å². The predicted molar refractivity (Wildman–Crippen MR) is 93.1 cm³/mol. The standard InChI is InChI=1S/C19H26N2O3/c1-24-19(23)16-9-13-21(14-10-16)18(22)15-5-7-17(8-6-15)20-11-3-2-4-12-20/h5-8,16H,2-4,9-14H2,1H3. The number of carbonyl (C=O) groups excluding carboxylic acids is 2. The normalized spacial score (nSPS) is 19.2. The van der Waals surface area contributed by atoms with Crippen molar-refractivity contribution >= 4 is 17.6 Å². The zero-order valence-corrected chi connectivity index (χ0v) is 14.4. The lowest BCUT2D eigenvalue weighted by molar-refractivity contribution is -0.146. The molecule has 130 valence electrons. The van der Waals surface area contributed by atoms with Gasteiger partial charge in [-0.2, -0.15) is 0 Å². The van der Waals surface area contributed by atoms with E-state index < -0.39 is 0 Å². The van der Waals surface area contributed by atoms with E-state index in [1.165, 1.54) is 32.1 Å². The van der Waals surface area contributed by atoms with Crippen LogP contribution in [-0.4, -0.2) is 50.1 Å². The Morgan fingerprint density at radius 2 is 1.58 bits per heavy atom. The molecule has 3 rings (SSSR count). The van der Waals surface area contributed by atoms with Gasteiger partial charge in [-0.3, -0.25) is 9.59 Å². The van der Waals surface area contributed by atoms with Gasteiger partial charge in [-0.05, 0) is 56.4 Å². The van der Waals surface area contributed by atoms with E-state index in [1.807, 2.05) is 17.0 Å². The maximum absolute atomic E-state index is 12.6. The summed E-state index contributed by atoms with van der Waals surface area (Å²) in [5.74, 6) is -0.169. The van der Waals surface area contributed by atoms with Gasteiger partial charge in [-0.15, -0.1) is 0 Å². The van der Waals surface area contributed by atoms with Crippen LogP contribution in [0.2, 0.25) is 0 Å². The number of likely N-dealkylation sites (tertiary alicyclic amines) is 1. The van der Waals surface area contributed by atoms with Gasteiger partial charge in [0.1, 0.15) is 0 Å². The summed E-state index contributed by atoms with van der Waals surface area (Å²) in [6.07, 6.45) is 5.18. The number of amides is 1. The van der Waals surface area contributed by atoms with Crippen LogP contribution in [0.5, 0.6) is 0 Å². The Morgan fingerprint density at radius 3 is 2.17 bits per heavy atom. The minimum atomic E-state index is -0.159. The van der Waals surface area contributed by atoms with E-state index in [1.54, 1.807) is 0 Å². The third-order valence-electron chi connectivity index (χ3n) is 5.15. The predicted octanol–water partition coefficient (Wildman–Crippen LogP) is 2.70. The second-order valence-electron chi connectivity index (χ2n) is 6.68. The highest BCUT2D eigenvalue weighted by Crippen LogP contribution is 2.23. The van der Waals surface area contributed by atoms with Gasteiger partial charge in [0.05, 0.1) is 13.0 Å². The van der Waals surface area contributed by atoms with Crippen LogP contribution in [0.3, 0.4) is 0 Å². The minimum Gasteiger partial charge on any atom is -0.469 e. The highest BCUT2D eigenvalue weighted by molar-refractivity contribution is 5.94. The van der Waals surface area contributed by atoms with Gasteiger partial charge in [0.15, 0.2) is 0 Å². The van der Waals surface area contributed by atoms with Crippen LogP contribution in [0.25, 0.3) is 0 Å². The quantitative estimate of drug-likeness (QED) is 0.800. The Bertz CT molecular complexity index is 571. The van der Waals surface area contributed by atoms with Crippen LogP contribution in [-0.2, 0) is 9.53 Å². The molecule has 0 aromatic heterocycles. The van der Waals surface area contributed by atoms with E-state index in [2.05, 4.69) is 17.0 Å². The van der Waals surface area contributed by atoms with Gasteiger partial charge in [-0.1, -0.05) is 0 Å². The number of piperidine rings is 2. The lowest BCUT2D eigenvalue weighted by Crippen LogP contribution is -2.40. The minimum absolute atomic E-state index is 0.0588. The smallest absolute Gasteiger partial charge is 0.308 e. The summed E-state index contributed by atoms with van der Waals surface area (Å²) in [5.41, 5.74) is 1.93. The van der Waals surface area contributed by atoms with Crippen molar-refractivity contribution in [1.82, 2.24) is 4.90 Å². The zero-order valence-electron chi connectivity index (χ0n) is 14.4. The van der Waals surface area contributed by atoms with Crippen molar-refractivity contribution in [3.63, 3.8) is 0 Å². The molecule has 1 aromatic carbocycles. The maximum Gasteiger partial charge on any atom is 0.308 e. The van der Waals surface area contributed by atoms with Crippen molar-refractivity contribution in [1.29, 1.82) is 0 Å². The number of carbonyl (C=O) groups is 2. The summed E-state index contributed by atoms with van der Waals surface area (Å²) in [7, 11) is 1.42. The Hall–Kier alpha value is -2.04. The highest BCUT2D eigenvalue weighted by atomic mass is 16.5. The molecule has 5 nitrogen and oxygen atoms in total. The SMILES string of the molecule is COC(=O)C1CCN(C(=O)c2ccc(N3CCCCC3)cc2)CC1. The van der Waals surface area contributed by atoms with Gasteiger partial charge in [0.2, 0.25) is 0 Å². The average Bonchev–Trinajstić information content (AvgIpc) is 2.68. The molecule has 0 aliphatic carbocycles. The first-order chi connectivity index (χ1) is 11.7. The van der Waals surface area contributed by atoms with Crippen LogP contribution in [0.1, 0.15) is 42.5 Å². The Morgan fingerprint density at radius 1 is 0.958 bits per heavy atom. The molecule has 0 bridgehead atoms. The maximum atomic E-state index is 12.6. The van der Waals surface area contributed by atoms with E-state index in [-0.39, 0.29) is 17.8 Å². The van der Waals surface area contributed by atoms with E-state index in [0.29, 0.717) is 25.9 Å². The summed E-state index contributed by atoms with van der Waals surface area (Å²) in [6.45, 7) is 3.45. The number of rotatable bonds is 3. The molecule has 0 spiro atoms. The lowest BCUT2D eigenvalue weighted by Gasteiger charge is -2.31. The fraction of sp³-hybridized carbons (Fsp3) is 0.579. The Balaban J connectivity index is 1.58. The van der Waals surface area contributed by atoms with E-state index in [9.17, 15) is 9.59 Å². The second-order valence-corrected chi connectivity index (χ2v) is 6.68. The van der Waals surface area contributed by atoms with E-state index in [4.69, 9.17) is 4.74 Å². The number of methoxy groups -OCH3 is 1. The summed E-state index contributed by atoms with van der Waals surface area (Å²) in [6, 6.07) is 7.97. The molecule has 24 heavy (non-hydrogen) atoms. The molecule has 0 saturated carbocycles. The van der Waals surface area contributed by atoms with Crippen LogP contribution in [0.4, 0.5) is 5.69 Å². The number of hydrogen-bond donors (Lipinski definition) is 0. The molecule has 0 radical (unpaired) electrons. The van der Waals surface area contributed by atoms with Crippen LogP contribution in [0.15, 0.2) is 24.3 Å². The van der Waals surface area contributed by atoms with E-state index in [0.717, 1.165) is 18.7 Å².